The topological polar surface area (TPSA) is 257 Å². The minimum atomic E-state index is -4.63. The molecule has 18 nitrogen and oxygen atoms in total. The van der Waals surface area contributed by atoms with Gasteiger partial charge >= 0.3 is 15.6 Å². The van der Waals surface area contributed by atoms with Crippen LogP contribution < -0.4 is 10.6 Å². The molecule has 8 N–H and O–H groups in total. The Morgan fingerprint density at radius 3 is 1.76 bits per heavy atom. The number of rotatable bonds is 8. The number of hydrogen-bond acceptors (Lipinski definition) is 12. The van der Waals surface area contributed by atoms with Crippen molar-refractivity contribution in [3.8, 4) is 0 Å². The van der Waals surface area contributed by atoms with Gasteiger partial charge in [-0.3, -0.25) is 18.6 Å². The third-order valence-corrected chi connectivity index (χ3v) is 8.85. The normalized spacial score (nSPS) is 34.4. The molecule has 2 aliphatic carbocycles. The number of aliphatic hydroxyl groups excluding tert-OH is 2. The molecule has 0 aromatic carbocycles. The third-order valence-electron chi connectivity index (χ3n) is 7.88. The van der Waals surface area contributed by atoms with E-state index in [-0.39, 0.29) is 61.4 Å². The summed E-state index contributed by atoms with van der Waals surface area (Å²) < 4.78 is 42.6. The van der Waals surface area contributed by atoms with Crippen molar-refractivity contribution < 1.29 is 67.0 Å². The number of hydrogen-bond donors (Lipinski definition) is 8. The van der Waals surface area contributed by atoms with Crippen molar-refractivity contribution in [1.29, 1.82) is 0 Å². The van der Waals surface area contributed by atoms with Gasteiger partial charge in [-0.2, -0.15) is 0 Å². The van der Waals surface area contributed by atoms with Crippen molar-refractivity contribution in [2.75, 3.05) is 13.2 Å². The molecular weight excluding hydrogens is 642 g/mol. The molecule has 2 saturated carbocycles. The van der Waals surface area contributed by atoms with Crippen LogP contribution in [0.3, 0.4) is 0 Å². The Balaban J connectivity index is 0.000000207. The number of ether oxygens (including phenoxy) is 2. The molecule has 0 aromatic heterocycles. The zero-order valence-corrected chi connectivity index (χ0v) is 26.2. The van der Waals surface area contributed by atoms with Gasteiger partial charge in [0.25, 0.3) is 11.8 Å². The first-order chi connectivity index (χ1) is 20.7. The lowest BCUT2D eigenvalue weighted by molar-refractivity contribution is -0.162. The largest absolute Gasteiger partial charge is 0.469 e. The molecule has 2 amide bonds. The van der Waals surface area contributed by atoms with Crippen LogP contribution in [0.15, 0.2) is 49.4 Å². The van der Waals surface area contributed by atoms with Crippen molar-refractivity contribution in [1.82, 2.24) is 20.4 Å². The molecule has 0 aromatic rings. The molecule has 20 heteroatoms. The van der Waals surface area contributed by atoms with Gasteiger partial charge in [0, 0.05) is 36.4 Å². The highest BCUT2D eigenvalue weighted by atomic mass is 31.2. The number of phosphoric ester groups is 2. The quantitative estimate of drug-likeness (QED) is 0.144. The van der Waals surface area contributed by atoms with Crippen molar-refractivity contribution in [2.45, 2.75) is 69.0 Å². The highest BCUT2D eigenvalue weighted by Gasteiger charge is 2.56. The molecule has 3 aliphatic heterocycles. The van der Waals surface area contributed by atoms with Crippen molar-refractivity contribution in [3.05, 3.63) is 49.4 Å². The number of nitrogens with zero attached hydrogens (tertiary/aromatic N) is 2. The molecule has 3 fully saturated rings. The fourth-order valence-corrected chi connectivity index (χ4v) is 6.78. The lowest BCUT2D eigenvalue weighted by Crippen LogP contribution is -2.45. The van der Waals surface area contributed by atoms with Crippen molar-refractivity contribution in [2.24, 2.45) is 11.8 Å². The summed E-state index contributed by atoms with van der Waals surface area (Å²) in [6, 6.07) is -0.763. The van der Waals surface area contributed by atoms with E-state index in [1.54, 1.807) is 24.9 Å². The molecule has 45 heavy (non-hydrogen) atoms. The molecule has 0 bridgehead atoms. The first-order valence-electron chi connectivity index (χ1n) is 13.8. The molecule has 8 atom stereocenters. The summed E-state index contributed by atoms with van der Waals surface area (Å²) in [6.45, 7) is 10.5. The van der Waals surface area contributed by atoms with Crippen LogP contribution in [-0.2, 0) is 37.2 Å². The standard InChI is InChI=1S/C14H21N2O7P.C11H17N2O7P/c1-8-15-11(17)4-5-16(8)10-6-9(7-21-24(18,19)20)12-13(10)23-14(2,3)22-12;1-6-12-9(14)2-3-13(6)8-4-7(10(15)11(8)16)5-20-21(17,18)19/h4-5,9-10,12-13H,1,6-7H2,2-3H3,(H,15,17)(H2,18,19,20);2-3,7-8,10-11,15-16H,1,4-5H2,(H,12,14)(H2,17,18,19)/t9-,10?,12-,13?;7-,8?,10-,11+/m11/s1. The maximum atomic E-state index is 11.4. The molecule has 0 radical (unpaired) electrons. The Kier molecular flexibility index (Phi) is 10.5. The summed E-state index contributed by atoms with van der Waals surface area (Å²) in [5, 5.41) is 25.1. The zero-order valence-electron chi connectivity index (χ0n) is 24.4. The van der Waals surface area contributed by atoms with Gasteiger partial charge in [-0.05, 0) is 26.7 Å². The van der Waals surface area contributed by atoms with Gasteiger partial charge in [0.05, 0.1) is 37.5 Å². The van der Waals surface area contributed by atoms with Gasteiger partial charge in [0.15, 0.2) is 5.79 Å². The number of amides is 2. The molecule has 3 heterocycles. The van der Waals surface area contributed by atoms with Crippen LogP contribution in [0.5, 0.6) is 0 Å². The predicted octanol–water partition coefficient (Wildman–Crippen LogP) is -0.956. The third kappa shape index (κ3) is 8.88. The number of fused-ring (bicyclic) bond motifs is 1. The Morgan fingerprint density at radius 2 is 1.27 bits per heavy atom. The molecular formula is C25H38N4O14P2. The summed E-state index contributed by atoms with van der Waals surface area (Å²) in [6.07, 6.45) is 3.41. The SMILES string of the molecule is C=C1NC(=O)C=CN1C1C[C@H](COP(=O)(O)O)[C@@H](O)[C@H]1O.C=C1NC(=O)C=CN1C1C[C@H](COP(=O)(O)O)[C@H]2OC(C)(C)OC12. The van der Waals surface area contributed by atoms with E-state index >= 15 is 0 Å². The predicted molar refractivity (Wildman–Crippen MR) is 152 cm³/mol. The van der Waals surface area contributed by atoms with Gasteiger partial charge in [0.2, 0.25) is 0 Å². The van der Waals surface area contributed by atoms with E-state index in [0.717, 1.165) is 0 Å². The highest BCUT2D eigenvalue weighted by molar-refractivity contribution is 7.46. The highest BCUT2D eigenvalue weighted by Crippen LogP contribution is 2.46. The zero-order chi connectivity index (χ0) is 33.5. The fraction of sp³-hybridized carbons (Fsp3) is 0.600. The lowest BCUT2D eigenvalue weighted by atomic mass is 10.1. The first kappa shape index (κ1) is 35.4. The summed E-state index contributed by atoms with van der Waals surface area (Å²) in [5.74, 6) is -1.61. The minimum absolute atomic E-state index is 0.141. The number of carbonyl (C=O) groups is 2. The number of aliphatic hydroxyl groups is 2. The summed E-state index contributed by atoms with van der Waals surface area (Å²) in [4.78, 5) is 61.1. The van der Waals surface area contributed by atoms with Crippen LogP contribution in [0.1, 0.15) is 26.7 Å². The van der Waals surface area contributed by atoms with Crippen LogP contribution in [0.2, 0.25) is 0 Å². The average molecular weight is 681 g/mol. The summed E-state index contributed by atoms with van der Waals surface area (Å²) in [7, 11) is -9.19. The van der Waals surface area contributed by atoms with Gasteiger partial charge in [0.1, 0.15) is 23.8 Å². The van der Waals surface area contributed by atoms with Crippen LogP contribution >= 0.6 is 15.6 Å². The van der Waals surface area contributed by atoms with Crippen molar-refractivity contribution in [3.63, 3.8) is 0 Å². The molecule has 3 unspecified atom stereocenters. The molecule has 0 spiro atoms. The van der Waals surface area contributed by atoms with E-state index in [9.17, 15) is 28.9 Å². The van der Waals surface area contributed by atoms with Crippen molar-refractivity contribution >= 4 is 27.5 Å². The Hall–Kier alpha value is -2.44. The lowest BCUT2D eigenvalue weighted by Gasteiger charge is -2.34. The van der Waals surface area contributed by atoms with Gasteiger partial charge < -0.3 is 59.7 Å². The second kappa shape index (κ2) is 13.4. The Labute approximate surface area is 258 Å². The number of carbonyl (C=O) groups excluding carboxylic acids is 2. The second-order valence-electron chi connectivity index (χ2n) is 11.6. The van der Waals surface area contributed by atoms with E-state index < -0.39 is 45.6 Å². The van der Waals surface area contributed by atoms with E-state index in [2.05, 4.69) is 32.8 Å². The molecule has 1 saturated heterocycles. The summed E-state index contributed by atoms with van der Waals surface area (Å²) in [5.41, 5.74) is 0. The Bertz CT molecular complexity index is 1340. The number of nitrogens with one attached hydrogen (secondary N) is 2. The Morgan fingerprint density at radius 1 is 0.822 bits per heavy atom. The van der Waals surface area contributed by atoms with Crippen LogP contribution in [-0.4, -0.2) is 107 Å². The van der Waals surface area contributed by atoms with Crippen LogP contribution in [0.25, 0.3) is 0 Å². The maximum absolute atomic E-state index is 11.4. The van der Waals surface area contributed by atoms with E-state index in [0.29, 0.717) is 12.2 Å². The minimum Gasteiger partial charge on any atom is -0.390 e. The fourth-order valence-electron chi connectivity index (χ4n) is 6.01. The van der Waals surface area contributed by atoms with E-state index in [1.165, 1.54) is 23.3 Å². The van der Waals surface area contributed by atoms with E-state index in [1.807, 2.05) is 0 Å². The monoisotopic (exact) mass is 680 g/mol. The molecule has 252 valence electrons. The first-order valence-corrected chi connectivity index (χ1v) is 16.9. The van der Waals surface area contributed by atoms with Gasteiger partial charge in [-0.15, -0.1) is 0 Å². The van der Waals surface area contributed by atoms with Crippen LogP contribution in [0, 0.1) is 11.8 Å². The molecule has 5 aliphatic rings. The molecule has 5 rings (SSSR count). The van der Waals surface area contributed by atoms with Gasteiger partial charge in [-0.1, -0.05) is 13.2 Å². The smallest absolute Gasteiger partial charge is 0.390 e. The van der Waals surface area contributed by atoms with Crippen LogP contribution in [0.4, 0.5) is 0 Å². The van der Waals surface area contributed by atoms with Gasteiger partial charge in [-0.25, -0.2) is 9.13 Å². The summed E-state index contributed by atoms with van der Waals surface area (Å²) >= 11 is 0. The maximum Gasteiger partial charge on any atom is 0.469 e. The van der Waals surface area contributed by atoms with E-state index in [4.69, 9.17) is 29.0 Å². The second-order valence-corrected chi connectivity index (χ2v) is 14.0. The average Bonchev–Trinajstić information content (AvgIpc) is 3.49. The number of phosphoric acid groups is 2.